The lowest BCUT2D eigenvalue weighted by molar-refractivity contribution is -0.122. The molecule has 132 valence electrons. The van der Waals surface area contributed by atoms with E-state index in [0.717, 1.165) is 5.56 Å². The monoisotopic (exact) mass is 341 g/mol. The summed E-state index contributed by atoms with van der Waals surface area (Å²) in [6.45, 7) is 5.86. The van der Waals surface area contributed by atoms with Crippen LogP contribution < -0.4 is 10.1 Å². The molecule has 0 bridgehead atoms. The summed E-state index contributed by atoms with van der Waals surface area (Å²) in [6, 6.07) is 14.2. The molecule has 0 heterocycles. The second-order valence-corrected chi connectivity index (χ2v) is 6.01. The van der Waals surface area contributed by atoms with Gasteiger partial charge in [-0.15, -0.1) is 0 Å². The van der Waals surface area contributed by atoms with Crippen molar-refractivity contribution in [2.75, 3.05) is 12.4 Å². The van der Waals surface area contributed by atoms with Gasteiger partial charge < -0.3 is 14.8 Å². The van der Waals surface area contributed by atoms with Crippen LogP contribution in [-0.4, -0.2) is 25.1 Å². The zero-order valence-corrected chi connectivity index (χ0v) is 14.9. The predicted octanol–water partition coefficient (Wildman–Crippen LogP) is 4.00. The van der Waals surface area contributed by atoms with Gasteiger partial charge in [-0.3, -0.25) is 4.79 Å². The van der Waals surface area contributed by atoms with Gasteiger partial charge in [0, 0.05) is 5.69 Å². The van der Waals surface area contributed by atoms with Crippen molar-refractivity contribution in [2.45, 2.75) is 32.8 Å². The molecule has 0 radical (unpaired) electrons. The van der Waals surface area contributed by atoms with Crippen LogP contribution in [0.25, 0.3) is 0 Å². The van der Waals surface area contributed by atoms with Gasteiger partial charge in [0.15, 0.2) is 6.10 Å². The number of hydrogen-bond donors (Lipinski definition) is 1. The molecule has 5 heteroatoms. The summed E-state index contributed by atoms with van der Waals surface area (Å²) >= 11 is 0. The van der Waals surface area contributed by atoms with Gasteiger partial charge in [-0.25, -0.2) is 4.79 Å². The van der Waals surface area contributed by atoms with Gasteiger partial charge >= 0.3 is 5.97 Å². The third-order valence-corrected chi connectivity index (χ3v) is 3.79. The molecule has 0 aromatic heterocycles. The van der Waals surface area contributed by atoms with Crippen molar-refractivity contribution in [1.29, 1.82) is 0 Å². The van der Waals surface area contributed by atoms with Crippen LogP contribution in [0.5, 0.6) is 5.75 Å². The summed E-state index contributed by atoms with van der Waals surface area (Å²) in [5, 5.41) is 2.78. The molecule has 1 amide bonds. The Hall–Kier alpha value is -2.82. The number of amides is 1. The Kier molecular flexibility index (Phi) is 6.17. The van der Waals surface area contributed by atoms with Gasteiger partial charge in [0.25, 0.3) is 5.91 Å². The van der Waals surface area contributed by atoms with E-state index in [1.807, 2.05) is 24.3 Å². The van der Waals surface area contributed by atoms with Gasteiger partial charge in [0.05, 0.1) is 12.7 Å². The summed E-state index contributed by atoms with van der Waals surface area (Å²) in [4.78, 5) is 23.8. The Morgan fingerprint density at radius 2 is 1.60 bits per heavy atom. The SMILES string of the molecule is COC(=O)c1ccc(NC(=O)C(C)Oc2ccccc2C(C)C)cc1. The lowest BCUT2D eigenvalue weighted by Crippen LogP contribution is -2.30. The van der Waals surface area contributed by atoms with E-state index < -0.39 is 12.1 Å². The zero-order chi connectivity index (χ0) is 18.4. The maximum Gasteiger partial charge on any atom is 0.337 e. The smallest absolute Gasteiger partial charge is 0.337 e. The summed E-state index contributed by atoms with van der Waals surface area (Å²) in [7, 11) is 1.33. The van der Waals surface area contributed by atoms with Gasteiger partial charge in [-0.05, 0) is 48.7 Å². The van der Waals surface area contributed by atoms with Crippen molar-refractivity contribution >= 4 is 17.6 Å². The first-order valence-corrected chi connectivity index (χ1v) is 8.17. The number of para-hydroxylation sites is 1. The van der Waals surface area contributed by atoms with Crippen molar-refractivity contribution in [3.63, 3.8) is 0 Å². The Morgan fingerprint density at radius 1 is 0.960 bits per heavy atom. The Balaban J connectivity index is 2.02. The Labute approximate surface area is 148 Å². The van der Waals surface area contributed by atoms with Gasteiger partial charge in [-0.1, -0.05) is 32.0 Å². The number of anilines is 1. The van der Waals surface area contributed by atoms with Crippen LogP contribution >= 0.6 is 0 Å². The molecule has 0 aliphatic rings. The highest BCUT2D eigenvalue weighted by Crippen LogP contribution is 2.26. The lowest BCUT2D eigenvalue weighted by atomic mass is 10.0. The minimum Gasteiger partial charge on any atom is -0.481 e. The number of esters is 1. The third kappa shape index (κ3) is 4.83. The van der Waals surface area contributed by atoms with E-state index in [4.69, 9.17) is 4.74 Å². The van der Waals surface area contributed by atoms with Crippen LogP contribution in [0.3, 0.4) is 0 Å². The molecule has 0 aliphatic carbocycles. The summed E-state index contributed by atoms with van der Waals surface area (Å²) < 4.78 is 10.5. The van der Waals surface area contributed by atoms with E-state index in [2.05, 4.69) is 23.9 Å². The van der Waals surface area contributed by atoms with Crippen molar-refractivity contribution < 1.29 is 19.1 Å². The number of benzene rings is 2. The first-order valence-electron chi connectivity index (χ1n) is 8.17. The second kappa shape index (κ2) is 8.33. The highest BCUT2D eigenvalue weighted by atomic mass is 16.5. The van der Waals surface area contributed by atoms with E-state index in [-0.39, 0.29) is 5.91 Å². The molecule has 0 saturated carbocycles. The molecule has 0 spiro atoms. The molecule has 0 fully saturated rings. The molecule has 0 saturated heterocycles. The number of nitrogens with one attached hydrogen (secondary N) is 1. The Bertz CT molecular complexity index is 738. The molecule has 25 heavy (non-hydrogen) atoms. The van der Waals surface area contributed by atoms with Crippen LogP contribution in [-0.2, 0) is 9.53 Å². The average molecular weight is 341 g/mol. The largest absolute Gasteiger partial charge is 0.481 e. The molecule has 1 atom stereocenters. The second-order valence-electron chi connectivity index (χ2n) is 6.01. The van der Waals surface area contributed by atoms with Crippen LogP contribution in [0.1, 0.15) is 42.6 Å². The third-order valence-electron chi connectivity index (χ3n) is 3.79. The minimum atomic E-state index is -0.653. The molecule has 1 unspecified atom stereocenters. The van der Waals surface area contributed by atoms with E-state index in [1.54, 1.807) is 31.2 Å². The fourth-order valence-corrected chi connectivity index (χ4v) is 2.36. The van der Waals surface area contributed by atoms with Gasteiger partial charge in [0.1, 0.15) is 5.75 Å². The first-order chi connectivity index (χ1) is 11.9. The van der Waals surface area contributed by atoms with Crippen LogP contribution in [0.2, 0.25) is 0 Å². The van der Waals surface area contributed by atoms with E-state index in [9.17, 15) is 9.59 Å². The van der Waals surface area contributed by atoms with Crippen molar-refractivity contribution in [2.24, 2.45) is 0 Å². The number of methoxy groups -OCH3 is 1. The van der Waals surface area contributed by atoms with Crippen molar-refractivity contribution in [3.8, 4) is 5.75 Å². The average Bonchev–Trinajstić information content (AvgIpc) is 2.61. The van der Waals surface area contributed by atoms with Crippen LogP contribution in [0.4, 0.5) is 5.69 Å². The van der Waals surface area contributed by atoms with E-state index in [0.29, 0.717) is 22.9 Å². The number of carbonyl (C=O) groups excluding carboxylic acids is 2. The quantitative estimate of drug-likeness (QED) is 0.807. The van der Waals surface area contributed by atoms with Gasteiger partial charge in [-0.2, -0.15) is 0 Å². The molecule has 2 rings (SSSR count). The summed E-state index contributed by atoms with van der Waals surface area (Å²) in [5.41, 5.74) is 2.07. The van der Waals surface area contributed by atoms with Crippen LogP contribution in [0.15, 0.2) is 48.5 Å². The highest BCUT2D eigenvalue weighted by Gasteiger charge is 2.17. The van der Waals surface area contributed by atoms with Crippen molar-refractivity contribution in [1.82, 2.24) is 0 Å². The molecule has 2 aromatic carbocycles. The maximum atomic E-state index is 12.3. The highest BCUT2D eigenvalue weighted by molar-refractivity contribution is 5.95. The summed E-state index contributed by atoms with van der Waals surface area (Å²) in [5.74, 6) is 0.336. The lowest BCUT2D eigenvalue weighted by Gasteiger charge is -2.18. The molecule has 1 N–H and O–H groups in total. The minimum absolute atomic E-state index is 0.260. The fourth-order valence-electron chi connectivity index (χ4n) is 2.36. The fraction of sp³-hybridized carbons (Fsp3) is 0.300. The molecule has 0 aliphatic heterocycles. The maximum absolute atomic E-state index is 12.3. The first kappa shape index (κ1) is 18.5. The zero-order valence-electron chi connectivity index (χ0n) is 14.9. The topological polar surface area (TPSA) is 64.6 Å². The molecular formula is C20H23NO4. The number of rotatable bonds is 6. The van der Waals surface area contributed by atoms with E-state index >= 15 is 0 Å². The summed E-state index contributed by atoms with van der Waals surface area (Å²) in [6.07, 6.45) is -0.653. The Morgan fingerprint density at radius 3 is 2.20 bits per heavy atom. The van der Waals surface area contributed by atoms with Gasteiger partial charge in [0.2, 0.25) is 0 Å². The van der Waals surface area contributed by atoms with Crippen LogP contribution in [0, 0.1) is 0 Å². The molecular weight excluding hydrogens is 318 g/mol. The normalized spacial score (nSPS) is 11.7. The number of hydrogen-bond acceptors (Lipinski definition) is 4. The molecule has 5 nitrogen and oxygen atoms in total. The van der Waals surface area contributed by atoms with E-state index in [1.165, 1.54) is 7.11 Å². The molecule has 2 aromatic rings. The standard InChI is InChI=1S/C20H23NO4/c1-13(2)17-7-5-6-8-18(17)25-14(3)19(22)21-16-11-9-15(10-12-16)20(23)24-4/h5-14H,1-4H3,(H,21,22). The van der Waals surface area contributed by atoms with Crippen molar-refractivity contribution in [3.05, 3.63) is 59.7 Å². The number of ether oxygens (including phenoxy) is 2. The predicted molar refractivity (Wildman–Crippen MR) is 97.0 cm³/mol. The number of carbonyl (C=O) groups is 2.